The summed E-state index contributed by atoms with van der Waals surface area (Å²) in [6.07, 6.45) is 2.35. The van der Waals surface area contributed by atoms with Gasteiger partial charge in [0.15, 0.2) is 0 Å². The van der Waals surface area contributed by atoms with Crippen molar-refractivity contribution in [2.24, 2.45) is 5.92 Å². The lowest BCUT2D eigenvalue weighted by atomic mass is 10.1. The maximum Gasteiger partial charge on any atom is 0.0471 e. The molecule has 3 nitrogen and oxygen atoms in total. The molecule has 1 rings (SSSR count). The third kappa shape index (κ3) is 3.23. The van der Waals surface area contributed by atoms with Crippen molar-refractivity contribution in [1.29, 1.82) is 0 Å². The monoisotopic (exact) mass is 200 g/mol. The van der Waals surface area contributed by atoms with Gasteiger partial charge in [-0.15, -0.1) is 0 Å². The van der Waals surface area contributed by atoms with E-state index in [0.29, 0.717) is 18.6 Å². The van der Waals surface area contributed by atoms with Gasteiger partial charge in [0, 0.05) is 25.7 Å². The molecule has 1 aliphatic rings. The van der Waals surface area contributed by atoms with Crippen molar-refractivity contribution < 1.29 is 5.11 Å². The summed E-state index contributed by atoms with van der Waals surface area (Å²) in [5.41, 5.74) is 0. The molecule has 0 aromatic rings. The first-order valence-electron chi connectivity index (χ1n) is 5.67. The van der Waals surface area contributed by atoms with Crippen LogP contribution in [0.3, 0.4) is 0 Å². The molecular formula is C11H24N2O. The summed E-state index contributed by atoms with van der Waals surface area (Å²) in [6.45, 7) is 5.90. The van der Waals surface area contributed by atoms with Gasteiger partial charge in [-0.25, -0.2) is 0 Å². The van der Waals surface area contributed by atoms with E-state index in [1.807, 2.05) is 0 Å². The largest absolute Gasteiger partial charge is 0.396 e. The van der Waals surface area contributed by atoms with Crippen LogP contribution in [0.15, 0.2) is 0 Å². The SMILES string of the molecule is CCC(CO)CN(C)C1CCN(C)C1. The fourth-order valence-corrected chi connectivity index (χ4v) is 2.14. The van der Waals surface area contributed by atoms with Crippen LogP contribution in [0, 0.1) is 5.92 Å². The van der Waals surface area contributed by atoms with Crippen LogP contribution in [0.2, 0.25) is 0 Å². The van der Waals surface area contributed by atoms with Crippen molar-refractivity contribution in [2.45, 2.75) is 25.8 Å². The molecule has 1 N–H and O–H groups in total. The normalized spacial score (nSPS) is 25.9. The number of rotatable bonds is 5. The van der Waals surface area contributed by atoms with E-state index in [4.69, 9.17) is 5.11 Å². The van der Waals surface area contributed by atoms with E-state index < -0.39 is 0 Å². The minimum atomic E-state index is 0.323. The lowest BCUT2D eigenvalue weighted by Gasteiger charge is -2.27. The highest BCUT2D eigenvalue weighted by atomic mass is 16.3. The van der Waals surface area contributed by atoms with Crippen LogP contribution in [-0.4, -0.2) is 61.3 Å². The zero-order valence-corrected chi connectivity index (χ0v) is 9.74. The van der Waals surface area contributed by atoms with E-state index in [9.17, 15) is 0 Å². The summed E-state index contributed by atoms with van der Waals surface area (Å²) in [4.78, 5) is 4.79. The zero-order valence-electron chi connectivity index (χ0n) is 9.74. The molecule has 1 fully saturated rings. The fraction of sp³-hybridized carbons (Fsp3) is 1.00. The topological polar surface area (TPSA) is 26.7 Å². The van der Waals surface area contributed by atoms with Crippen molar-refractivity contribution in [3.05, 3.63) is 0 Å². The van der Waals surface area contributed by atoms with Crippen LogP contribution in [0.1, 0.15) is 19.8 Å². The minimum absolute atomic E-state index is 0.323. The van der Waals surface area contributed by atoms with Gasteiger partial charge in [0.2, 0.25) is 0 Å². The lowest BCUT2D eigenvalue weighted by molar-refractivity contribution is 0.150. The summed E-state index contributed by atoms with van der Waals surface area (Å²) < 4.78 is 0. The highest BCUT2D eigenvalue weighted by molar-refractivity contribution is 4.80. The Labute approximate surface area is 87.7 Å². The van der Waals surface area contributed by atoms with Gasteiger partial charge in [-0.3, -0.25) is 0 Å². The minimum Gasteiger partial charge on any atom is -0.396 e. The average Bonchev–Trinajstić information content (AvgIpc) is 2.61. The zero-order chi connectivity index (χ0) is 10.6. The summed E-state index contributed by atoms with van der Waals surface area (Å²) in [5.74, 6) is 0.450. The molecule has 0 saturated carbocycles. The predicted octanol–water partition coefficient (Wildman–Crippen LogP) is 0.641. The van der Waals surface area contributed by atoms with Gasteiger partial charge in [-0.1, -0.05) is 6.92 Å². The molecule has 2 unspecified atom stereocenters. The van der Waals surface area contributed by atoms with E-state index >= 15 is 0 Å². The van der Waals surface area contributed by atoms with Gasteiger partial charge in [0.05, 0.1) is 0 Å². The summed E-state index contributed by atoms with van der Waals surface area (Å²) in [6, 6.07) is 0.695. The van der Waals surface area contributed by atoms with Crippen molar-refractivity contribution in [3.8, 4) is 0 Å². The Morgan fingerprint density at radius 2 is 2.29 bits per heavy atom. The molecule has 3 heteroatoms. The summed E-state index contributed by atoms with van der Waals surface area (Å²) >= 11 is 0. The fourth-order valence-electron chi connectivity index (χ4n) is 2.14. The number of likely N-dealkylation sites (N-methyl/N-ethyl adjacent to an activating group) is 2. The van der Waals surface area contributed by atoms with Crippen LogP contribution < -0.4 is 0 Å². The Kier molecular flexibility index (Phi) is 4.85. The second-order valence-corrected chi connectivity index (χ2v) is 4.60. The summed E-state index contributed by atoms with van der Waals surface area (Å²) in [5, 5.41) is 9.13. The van der Waals surface area contributed by atoms with Gasteiger partial charge in [-0.2, -0.15) is 0 Å². The second-order valence-electron chi connectivity index (χ2n) is 4.60. The van der Waals surface area contributed by atoms with Crippen molar-refractivity contribution in [2.75, 3.05) is 40.3 Å². The van der Waals surface area contributed by atoms with E-state index in [1.54, 1.807) is 0 Å². The number of likely N-dealkylation sites (tertiary alicyclic amines) is 1. The lowest BCUT2D eigenvalue weighted by Crippen LogP contribution is -2.37. The Hall–Kier alpha value is -0.120. The number of aliphatic hydroxyl groups is 1. The molecule has 14 heavy (non-hydrogen) atoms. The van der Waals surface area contributed by atoms with Crippen molar-refractivity contribution >= 4 is 0 Å². The first-order valence-corrected chi connectivity index (χ1v) is 5.67. The van der Waals surface area contributed by atoms with Gasteiger partial charge >= 0.3 is 0 Å². The predicted molar refractivity (Wildman–Crippen MR) is 59.4 cm³/mol. The third-order valence-corrected chi connectivity index (χ3v) is 3.37. The second kappa shape index (κ2) is 5.69. The van der Waals surface area contributed by atoms with Crippen LogP contribution in [-0.2, 0) is 0 Å². The maximum absolute atomic E-state index is 9.13. The smallest absolute Gasteiger partial charge is 0.0471 e. The van der Waals surface area contributed by atoms with Crippen LogP contribution in [0.4, 0.5) is 0 Å². The van der Waals surface area contributed by atoms with E-state index in [0.717, 1.165) is 13.0 Å². The molecule has 0 amide bonds. The third-order valence-electron chi connectivity index (χ3n) is 3.37. The van der Waals surface area contributed by atoms with Crippen LogP contribution in [0.5, 0.6) is 0 Å². The number of hydrogen-bond donors (Lipinski definition) is 1. The van der Waals surface area contributed by atoms with Gasteiger partial charge in [-0.05, 0) is 39.4 Å². The molecular weight excluding hydrogens is 176 g/mol. The van der Waals surface area contributed by atoms with Crippen LogP contribution >= 0.6 is 0 Å². The molecule has 0 aromatic carbocycles. The Morgan fingerprint density at radius 1 is 1.57 bits per heavy atom. The molecule has 0 bridgehead atoms. The van der Waals surface area contributed by atoms with Crippen molar-refractivity contribution in [1.82, 2.24) is 9.80 Å². The molecule has 1 aliphatic heterocycles. The number of hydrogen-bond acceptors (Lipinski definition) is 3. The van der Waals surface area contributed by atoms with Gasteiger partial charge < -0.3 is 14.9 Å². The number of aliphatic hydroxyl groups excluding tert-OH is 1. The molecule has 0 aromatic heterocycles. The first-order chi connectivity index (χ1) is 6.67. The van der Waals surface area contributed by atoms with Gasteiger partial charge in [0.25, 0.3) is 0 Å². The van der Waals surface area contributed by atoms with E-state index in [1.165, 1.54) is 19.5 Å². The van der Waals surface area contributed by atoms with Gasteiger partial charge in [0.1, 0.15) is 0 Å². The highest BCUT2D eigenvalue weighted by Gasteiger charge is 2.24. The molecule has 84 valence electrons. The molecule has 2 atom stereocenters. The molecule has 0 aliphatic carbocycles. The van der Waals surface area contributed by atoms with E-state index in [2.05, 4.69) is 30.8 Å². The maximum atomic E-state index is 9.13. The Bertz CT molecular complexity index is 159. The summed E-state index contributed by atoms with van der Waals surface area (Å²) in [7, 11) is 4.36. The Balaban J connectivity index is 2.30. The Morgan fingerprint density at radius 3 is 2.71 bits per heavy atom. The highest BCUT2D eigenvalue weighted by Crippen LogP contribution is 2.14. The van der Waals surface area contributed by atoms with Crippen LogP contribution in [0.25, 0.3) is 0 Å². The standard InChI is InChI=1S/C11H24N2O/c1-4-10(9-14)7-13(3)11-5-6-12(2)8-11/h10-11,14H,4-9H2,1-3H3. The molecule has 1 saturated heterocycles. The molecule has 1 heterocycles. The van der Waals surface area contributed by atoms with Crippen molar-refractivity contribution in [3.63, 3.8) is 0 Å². The molecule has 0 radical (unpaired) electrons. The quantitative estimate of drug-likeness (QED) is 0.705. The van der Waals surface area contributed by atoms with E-state index in [-0.39, 0.29) is 0 Å². The average molecular weight is 200 g/mol. The first kappa shape index (κ1) is 12.0. The molecule has 0 spiro atoms. The number of nitrogens with zero attached hydrogens (tertiary/aromatic N) is 2.